The molecule has 0 aliphatic carbocycles. The highest BCUT2D eigenvalue weighted by molar-refractivity contribution is 9.10. The largest absolute Gasteiger partial charge is 0.325 e. The van der Waals surface area contributed by atoms with Crippen LogP contribution in [0, 0.1) is 12.8 Å². The number of anilines is 2. The lowest BCUT2D eigenvalue weighted by atomic mass is 10.1. The molecule has 2 aromatic carbocycles. The van der Waals surface area contributed by atoms with E-state index in [2.05, 4.69) is 36.8 Å². The quantitative estimate of drug-likeness (QED) is 0.593. The van der Waals surface area contributed by atoms with Crippen LogP contribution in [0.2, 0.25) is 0 Å². The summed E-state index contributed by atoms with van der Waals surface area (Å²) in [5, 5.41) is 15.0. The molecule has 1 aromatic heterocycles. The first kappa shape index (κ1) is 20.5. The van der Waals surface area contributed by atoms with Crippen molar-refractivity contribution < 1.29 is 9.59 Å². The maximum absolute atomic E-state index is 13.0. The average molecular weight is 487 g/mol. The van der Waals surface area contributed by atoms with E-state index in [1.807, 2.05) is 49.4 Å². The van der Waals surface area contributed by atoms with Crippen LogP contribution in [0.1, 0.15) is 12.0 Å². The van der Waals surface area contributed by atoms with Gasteiger partial charge in [-0.2, -0.15) is 0 Å². The maximum atomic E-state index is 13.0. The van der Waals surface area contributed by atoms with E-state index in [0.29, 0.717) is 17.4 Å². The van der Waals surface area contributed by atoms with E-state index >= 15 is 0 Å². The Kier molecular flexibility index (Phi) is 5.87. The van der Waals surface area contributed by atoms with Crippen molar-refractivity contribution in [2.75, 3.05) is 16.8 Å². The van der Waals surface area contributed by atoms with Crippen molar-refractivity contribution in [3.63, 3.8) is 0 Å². The van der Waals surface area contributed by atoms with Crippen molar-refractivity contribution in [1.29, 1.82) is 0 Å². The predicted octanol–water partition coefficient (Wildman–Crippen LogP) is 3.42. The summed E-state index contributed by atoms with van der Waals surface area (Å²) in [6, 6.07) is 13.3. The zero-order valence-electron chi connectivity index (χ0n) is 16.4. The number of amides is 2. The molecule has 1 N–H and O–H groups in total. The minimum atomic E-state index is -0.424. The second-order valence-corrected chi connectivity index (χ2v) is 8.98. The fraction of sp³-hybridized carbons (Fsp3) is 0.250. The van der Waals surface area contributed by atoms with Gasteiger partial charge in [-0.25, -0.2) is 4.68 Å². The number of benzene rings is 2. The van der Waals surface area contributed by atoms with Gasteiger partial charge in [-0.15, -0.1) is 5.10 Å². The Labute approximate surface area is 186 Å². The standard InChI is InChI=1S/C20H19BrN6O2S/c1-12-3-6-15(7-4-12)27-11-13(9-18(27)28)19(29)22-16-10-14(21)5-8-17(16)30-20-23-24-25-26(20)2/h3-8,10,13H,9,11H2,1-2H3,(H,22,29)/t13-/m1/s1. The number of carbonyl (C=O) groups is 2. The first-order valence-corrected chi connectivity index (χ1v) is 10.9. The topological polar surface area (TPSA) is 93.0 Å². The number of tetrazole rings is 1. The van der Waals surface area contributed by atoms with Crippen LogP contribution in [0.15, 0.2) is 57.0 Å². The number of hydrogen-bond acceptors (Lipinski definition) is 6. The van der Waals surface area contributed by atoms with Crippen LogP contribution in [0.3, 0.4) is 0 Å². The zero-order valence-corrected chi connectivity index (χ0v) is 18.8. The second-order valence-electron chi connectivity index (χ2n) is 7.06. The molecule has 30 heavy (non-hydrogen) atoms. The molecule has 0 radical (unpaired) electrons. The molecule has 1 aliphatic rings. The van der Waals surface area contributed by atoms with Crippen molar-refractivity contribution in [2.45, 2.75) is 23.4 Å². The van der Waals surface area contributed by atoms with E-state index < -0.39 is 5.92 Å². The van der Waals surface area contributed by atoms with Gasteiger partial charge in [0, 0.05) is 35.1 Å². The number of rotatable bonds is 5. The molecule has 1 atom stereocenters. The third-order valence-electron chi connectivity index (χ3n) is 4.82. The van der Waals surface area contributed by atoms with Crippen molar-refractivity contribution in [1.82, 2.24) is 20.2 Å². The molecule has 1 fully saturated rings. The molecule has 0 saturated carbocycles. The fourth-order valence-corrected chi connectivity index (χ4v) is 4.35. The molecule has 8 nitrogen and oxygen atoms in total. The van der Waals surface area contributed by atoms with Gasteiger partial charge >= 0.3 is 0 Å². The third-order valence-corrected chi connectivity index (χ3v) is 6.42. The van der Waals surface area contributed by atoms with E-state index in [0.717, 1.165) is 20.6 Å². The zero-order chi connectivity index (χ0) is 21.3. The van der Waals surface area contributed by atoms with Gasteiger partial charge in [0.25, 0.3) is 0 Å². The number of carbonyl (C=O) groups excluding carboxylic acids is 2. The van der Waals surface area contributed by atoms with Gasteiger partial charge < -0.3 is 10.2 Å². The number of nitrogens with zero attached hydrogens (tertiary/aromatic N) is 5. The molecule has 10 heteroatoms. The van der Waals surface area contributed by atoms with Gasteiger partial charge in [-0.1, -0.05) is 33.6 Å². The number of halogens is 1. The number of aryl methyl sites for hydroxylation is 2. The van der Waals surface area contributed by atoms with Crippen molar-refractivity contribution in [2.24, 2.45) is 13.0 Å². The van der Waals surface area contributed by atoms with Gasteiger partial charge in [0.05, 0.1) is 11.6 Å². The SMILES string of the molecule is Cc1ccc(N2C[C@H](C(=O)Nc3cc(Br)ccc3Sc3nnnn3C)CC2=O)cc1. The molecule has 1 saturated heterocycles. The molecule has 1 aliphatic heterocycles. The van der Waals surface area contributed by atoms with Crippen LogP contribution in [-0.2, 0) is 16.6 Å². The van der Waals surface area contributed by atoms with Crippen LogP contribution in [0.5, 0.6) is 0 Å². The molecule has 0 unspecified atom stereocenters. The Morgan fingerprint density at radius 2 is 2.00 bits per heavy atom. The smallest absolute Gasteiger partial charge is 0.229 e. The van der Waals surface area contributed by atoms with Crippen molar-refractivity contribution in [3.05, 3.63) is 52.5 Å². The van der Waals surface area contributed by atoms with Gasteiger partial charge in [0.2, 0.25) is 17.0 Å². The Morgan fingerprint density at radius 3 is 2.70 bits per heavy atom. The van der Waals surface area contributed by atoms with Gasteiger partial charge in [0.15, 0.2) is 0 Å². The fourth-order valence-electron chi connectivity index (χ4n) is 3.19. The highest BCUT2D eigenvalue weighted by atomic mass is 79.9. The second kappa shape index (κ2) is 8.57. The van der Waals surface area contributed by atoms with E-state index in [1.165, 1.54) is 11.8 Å². The van der Waals surface area contributed by atoms with Crippen LogP contribution in [0.25, 0.3) is 0 Å². The molecule has 0 bridgehead atoms. The van der Waals surface area contributed by atoms with Gasteiger partial charge in [-0.05, 0) is 59.4 Å². The number of nitrogens with one attached hydrogen (secondary N) is 1. The van der Waals surface area contributed by atoms with E-state index in [4.69, 9.17) is 0 Å². The molecule has 154 valence electrons. The van der Waals surface area contributed by atoms with Crippen molar-refractivity contribution >= 4 is 50.9 Å². The molecular weight excluding hydrogens is 468 g/mol. The Bertz CT molecular complexity index is 1100. The molecule has 4 rings (SSSR count). The summed E-state index contributed by atoms with van der Waals surface area (Å²) in [6.45, 7) is 2.36. The van der Waals surface area contributed by atoms with Crippen LogP contribution in [0.4, 0.5) is 11.4 Å². The van der Waals surface area contributed by atoms with Gasteiger partial charge in [-0.3, -0.25) is 9.59 Å². The Hall–Kier alpha value is -2.72. The van der Waals surface area contributed by atoms with E-state index in [-0.39, 0.29) is 18.2 Å². The molecule has 2 heterocycles. The molecule has 0 spiro atoms. The third kappa shape index (κ3) is 4.39. The van der Waals surface area contributed by atoms with Crippen LogP contribution >= 0.6 is 27.7 Å². The summed E-state index contributed by atoms with van der Waals surface area (Å²) in [4.78, 5) is 28.0. The average Bonchev–Trinajstić information content (AvgIpc) is 3.30. The summed E-state index contributed by atoms with van der Waals surface area (Å²) in [5.41, 5.74) is 2.58. The van der Waals surface area contributed by atoms with E-state index in [9.17, 15) is 9.59 Å². The summed E-state index contributed by atoms with van der Waals surface area (Å²) < 4.78 is 2.40. The summed E-state index contributed by atoms with van der Waals surface area (Å²) in [6.07, 6.45) is 0.184. The Balaban J connectivity index is 1.50. The first-order chi connectivity index (χ1) is 14.4. The molecule has 2 amide bonds. The lowest BCUT2D eigenvalue weighted by molar-refractivity contribution is -0.122. The normalized spacial score (nSPS) is 16.2. The minimum absolute atomic E-state index is 0.0481. The van der Waals surface area contributed by atoms with E-state index in [1.54, 1.807) is 16.6 Å². The first-order valence-electron chi connectivity index (χ1n) is 9.28. The predicted molar refractivity (Wildman–Crippen MR) is 117 cm³/mol. The monoisotopic (exact) mass is 486 g/mol. The molecule has 3 aromatic rings. The Morgan fingerprint density at radius 1 is 1.23 bits per heavy atom. The number of aromatic nitrogens is 4. The van der Waals surface area contributed by atoms with Crippen LogP contribution < -0.4 is 10.2 Å². The van der Waals surface area contributed by atoms with Gasteiger partial charge in [0.1, 0.15) is 0 Å². The highest BCUT2D eigenvalue weighted by Gasteiger charge is 2.35. The minimum Gasteiger partial charge on any atom is -0.325 e. The number of hydrogen-bond donors (Lipinski definition) is 1. The lowest BCUT2D eigenvalue weighted by Crippen LogP contribution is -2.28. The summed E-state index contributed by atoms with van der Waals surface area (Å²) >= 11 is 4.80. The lowest BCUT2D eigenvalue weighted by Gasteiger charge is -2.17. The highest BCUT2D eigenvalue weighted by Crippen LogP contribution is 2.35. The molecular formula is C20H19BrN6O2S. The summed E-state index contributed by atoms with van der Waals surface area (Å²) in [7, 11) is 1.75. The van der Waals surface area contributed by atoms with Crippen LogP contribution in [-0.4, -0.2) is 38.6 Å². The summed E-state index contributed by atoms with van der Waals surface area (Å²) in [5.74, 6) is -0.658. The van der Waals surface area contributed by atoms with Crippen molar-refractivity contribution in [3.8, 4) is 0 Å². The maximum Gasteiger partial charge on any atom is 0.229 e.